The molecule has 0 spiro atoms. The number of amides is 1. The van der Waals surface area contributed by atoms with Gasteiger partial charge in [0.1, 0.15) is 6.04 Å². The molecular weight excluding hydrogens is 366 g/mol. The fraction of sp³-hybridized carbons (Fsp3) is 0.391. The number of carbonyl (C=O) groups is 1. The van der Waals surface area contributed by atoms with Crippen LogP contribution in [0.5, 0.6) is 11.5 Å². The van der Waals surface area contributed by atoms with Crippen molar-refractivity contribution in [3.8, 4) is 28.7 Å². The summed E-state index contributed by atoms with van der Waals surface area (Å²) in [4.78, 5) is 12.4. The first-order chi connectivity index (χ1) is 14.1. The Morgan fingerprint density at radius 2 is 1.86 bits per heavy atom. The maximum atomic E-state index is 12.4. The molecular formula is C23H27N3O3. The maximum Gasteiger partial charge on any atom is 0.238 e. The standard InChI is InChI=1S/C23H27N3O3/c1-28-21-11-10-18(14-22(21)29-2)17-8-6-16(7-9-17)13-19(15-24)26-23(27)20-5-3-4-12-25-20/h6-11,14,19-20,25H,3-5,12-13H2,1-2H3,(H,26,27)/t19-,20?/m0/s1. The lowest BCUT2D eigenvalue weighted by molar-refractivity contribution is -0.124. The van der Waals surface area contributed by atoms with Gasteiger partial charge in [-0.1, -0.05) is 36.8 Å². The second kappa shape index (κ2) is 9.94. The van der Waals surface area contributed by atoms with Crippen molar-refractivity contribution in [3.05, 3.63) is 48.0 Å². The normalized spacial score (nSPS) is 17.1. The van der Waals surface area contributed by atoms with Crippen molar-refractivity contribution in [3.63, 3.8) is 0 Å². The first kappa shape index (κ1) is 20.7. The summed E-state index contributed by atoms with van der Waals surface area (Å²) >= 11 is 0. The van der Waals surface area contributed by atoms with Crippen LogP contribution >= 0.6 is 0 Å². The number of benzene rings is 2. The first-order valence-electron chi connectivity index (χ1n) is 9.89. The molecule has 0 aromatic heterocycles. The molecule has 0 bridgehead atoms. The van der Waals surface area contributed by atoms with Crippen molar-refractivity contribution in [2.24, 2.45) is 0 Å². The molecule has 2 atom stereocenters. The molecule has 1 unspecified atom stereocenters. The zero-order valence-electron chi connectivity index (χ0n) is 16.9. The summed E-state index contributed by atoms with van der Waals surface area (Å²) in [5.74, 6) is 1.28. The summed E-state index contributed by atoms with van der Waals surface area (Å²) in [7, 11) is 3.23. The van der Waals surface area contributed by atoms with Crippen LogP contribution in [-0.2, 0) is 11.2 Å². The summed E-state index contributed by atoms with van der Waals surface area (Å²) < 4.78 is 10.7. The van der Waals surface area contributed by atoms with Gasteiger partial charge in [0.25, 0.3) is 0 Å². The highest BCUT2D eigenvalue weighted by Gasteiger charge is 2.23. The van der Waals surface area contributed by atoms with E-state index in [9.17, 15) is 10.1 Å². The molecule has 1 saturated heterocycles. The van der Waals surface area contributed by atoms with Gasteiger partial charge in [-0.2, -0.15) is 5.26 Å². The molecule has 6 heteroatoms. The van der Waals surface area contributed by atoms with E-state index in [2.05, 4.69) is 16.7 Å². The van der Waals surface area contributed by atoms with Crippen molar-refractivity contribution in [2.45, 2.75) is 37.8 Å². The quantitative estimate of drug-likeness (QED) is 0.755. The molecule has 1 aliphatic rings. The van der Waals surface area contributed by atoms with E-state index in [0.717, 1.165) is 42.5 Å². The van der Waals surface area contributed by atoms with Gasteiger partial charge in [-0.3, -0.25) is 4.79 Å². The van der Waals surface area contributed by atoms with Gasteiger partial charge < -0.3 is 20.1 Å². The number of nitriles is 1. The Labute approximate surface area is 171 Å². The molecule has 2 aromatic carbocycles. The molecule has 2 N–H and O–H groups in total. The van der Waals surface area contributed by atoms with E-state index in [1.165, 1.54) is 0 Å². The van der Waals surface area contributed by atoms with Gasteiger partial charge in [-0.15, -0.1) is 0 Å². The minimum atomic E-state index is -0.543. The Hall–Kier alpha value is -3.04. The van der Waals surface area contributed by atoms with Crippen LogP contribution < -0.4 is 20.1 Å². The van der Waals surface area contributed by atoms with Crippen LogP contribution in [-0.4, -0.2) is 38.8 Å². The number of piperidine rings is 1. The third-order valence-corrected chi connectivity index (χ3v) is 5.21. The first-order valence-corrected chi connectivity index (χ1v) is 9.89. The Kier molecular flexibility index (Phi) is 7.09. The van der Waals surface area contributed by atoms with E-state index >= 15 is 0 Å². The number of methoxy groups -OCH3 is 2. The van der Waals surface area contributed by atoms with Crippen LogP contribution in [0.15, 0.2) is 42.5 Å². The third kappa shape index (κ3) is 5.27. The second-order valence-corrected chi connectivity index (χ2v) is 7.16. The van der Waals surface area contributed by atoms with Gasteiger partial charge in [0.05, 0.1) is 26.3 Å². The molecule has 152 valence electrons. The molecule has 1 amide bonds. The number of nitrogens with one attached hydrogen (secondary N) is 2. The van der Waals surface area contributed by atoms with Crippen LogP contribution in [0, 0.1) is 11.3 Å². The minimum absolute atomic E-state index is 0.0850. The summed E-state index contributed by atoms with van der Waals surface area (Å²) in [6.45, 7) is 0.854. The monoisotopic (exact) mass is 393 g/mol. The molecule has 1 aliphatic heterocycles. The molecule has 0 aliphatic carbocycles. The van der Waals surface area contributed by atoms with Crippen LogP contribution in [0.3, 0.4) is 0 Å². The van der Waals surface area contributed by atoms with Gasteiger partial charge in [0, 0.05) is 6.42 Å². The molecule has 1 heterocycles. The number of rotatable bonds is 7. The Balaban J connectivity index is 1.64. The average Bonchev–Trinajstić information content (AvgIpc) is 2.79. The third-order valence-electron chi connectivity index (χ3n) is 5.21. The lowest BCUT2D eigenvalue weighted by atomic mass is 10.00. The fourth-order valence-electron chi connectivity index (χ4n) is 3.56. The number of nitrogens with zero attached hydrogens (tertiary/aromatic N) is 1. The van der Waals surface area contributed by atoms with Crippen LogP contribution in [0.1, 0.15) is 24.8 Å². The summed E-state index contributed by atoms with van der Waals surface area (Å²) in [5.41, 5.74) is 3.05. The predicted molar refractivity (Wildman–Crippen MR) is 112 cm³/mol. The molecule has 0 saturated carbocycles. The Morgan fingerprint density at radius 3 is 2.48 bits per heavy atom. The van der Waals surface area contributed by atoms with Crippen LogP contribution in [0.2, 0.25) is 0 Å². The van der Waals surface area contributed by atoms with E-state index < -0.39 is 6.04 Å². The van der Waals surface area contributed by atoms with Crippen molar-refractivity contribution in [1.29, 1.82) is 5.26 Å². The van der Waals surface area contributed by atoms with Gasteiger partial charge >= 0.3 is 0 Å². The average molecular weight is 393 g/mol. The van der Waals surface area contributed by atoms with Crippen molar-refractivity contribution in [2.75, 3.05) is 20.8 Å². The molecule has 2 aromatic rings. The molecule has 29 heavy (non-hydrogen) atoms. The Bertz CT molecular complexity index is 868. The number of ether oxygens (including phenoxy) is 2. The Morgan fingerprint density at radius 1 is 1.14 bits per heavy atom. The molecule has 1 fully saturated rings. The lowest BCUT2D eigenvalue weighted by Crippen LogP contribution is -2.49. The number of hydrogen-bond acceptors (Lipinski definition) is 5. The smallest absolute Gasteiger partial charge is 0.238 e. The molecule has 6 nitrogen and oxygen atoms in total. The molecule has 3 rings (SSSR count). The van der Waals surface area contributed by atoms with Crippen molar-refractivity contribution < 1.29 is 14.3 Å². The minimum Gasteiger partial charge on any atom is -0.493 e. The van der Waals surface area contributed by atoms with E-state index in [1.807, 2.05) is 42.5 Å². The van der Waals surface area contributed by atoms with Gasteiger partial charge in [0.15, 0.2) is 11.5 Å². The number of carbonyl (C=O) groups excluding carboxylic acids is 1. The van der Waals surface area contributed by atoms with Crippen LogP contribution in [0.4, 0.5) is 0 Å². The highest BCUT2D eigenvalue weighted by atomic mass is 16.5. The summed E-state index contributed by atoms with van der Waals surface area (Å²) in [5, 5.41) is 15.5. The summed E-state index contributed by atoms with van der Waals surface area (Å²) in [6.07, 6.45) is 3.43. The fourth-order valence-corrected chi connectivity index (χ4v) is 3.56. The van der Waals surface area contributed by atoms with E-state index in [1.54, 1.807) is 14.2 Å². The maximum absolute atomic E-state index is 12.4. The van der Waals surface area contributed by atoms with Crippen molar-refractivity contribution in [1.82, 2.24) is 10.6 Å². The zero-order valence-corrected chi connectivity index (χ0v) is 16.9. The SMILES string of the molecule is COc1ccc(-c2ccc(C[C@@H](C#N)NC(=O)C3CCCCN3)cc2)cc1OC. The summed E-state index contributed by atoms with van der Waals surface area (Å²) in [6, 6.07) is 15.3. The zero-order chi connectivity index (χ0) is 20.6. The van der Waals surface area contributed by atoms with E-state index in [-0.39, 0.29) is 11.9 Å². The van der Waals surface area contributed by atoms with Gasteiger partial charge in [-0.25, -0.2) is 0 Å². The van der Waals surface area contributed by atoms with E-state index in [4.69, 9.17) is 9.47 Å². The van der Waals surface area contributed by atoms with Crippen LogP contribution in [0.25, 0.3) is 11.1 Å². The number of hydrogen-bond donors (Lipinski definition) is 2. The second-order valence-electron chi connectivity index (χ2n) is 7.16. The highest BCUT2D eigenvalue weighted by molar-refractivity contribution is 5.82. The van der Waals surface area contributed by atoms with Gasteiger partial charge in [0.2, 0.25) is 5.91 Å². The highest BCUT2D eigenvalue weighted by Crippen LogP contribution is 2.32. The predicted octanol–water partition coefficient (Wildman–Crippen LogP) is 3.06. The largest absolute Gasteiger partial charge is 0.493 e. The van der Waals surface area contributed by atoms with Gasteiger partial charge in [-0.05, 0) is 48.2 Å². The topological polar surface area (TPSA) is 83.4 Å². The van der Waals surface area contributed by atoms with Crippen molar-refractivity contribution >= 4 is 5.91 Å². The molecule has 0 radical (unpaired) electrons. The van der Waals surface area contributed by atoms with E-state index in [0.29, 0.717) is 17.9 Å². The lowest BCUT2D eigenvalue weighted by Gasteiger charge is -2.23.